The molecule has 0 aliphatic rings. The Morgan fingerprint density at radius 1 is 1.06 bits per heavy atom. The van der Waals surface area contributed by atoms with Gasteiger partial charge in [-0.05, 0) is 65.3 Å². The van der Waals surface area contributed by atoms with E-state index < -0.39 is 24.2 Å². The van der Waals surface area contributed by atoms with Crippen molar-refractivity contribution in [3.8, 4) is 5.75 Å². The Morgan fingerprint density at radius 2 is 1.75 bits per heavy atom. The summed E-state index contributed by atoms with van der Waals surface area (Å²) < 4.78 is 12.3. The van der Waals surface area contributed by atoms with E-state index in [1.165, 1.54) is 19.3 Å². The average molecular weight is 619 g/mol. The van der Waals surface area contributed by atoms with Gasteiger partial charge < -0.3 is 25.6 Å². The number of para-hydroxylation sites is 2. The predicted molar refractivity (Wildman–Crippen MR) is 147 cm³/mol. The number of benzene rings is 3. The Labute approximate surface area is 225 Å². The van der Waals surface area contributed by atoms with E-state index in [0.29, 0.717) is 26.0 Å². The summed E-state index contributed by atoms with van der Waals surface area (Å²) in [4.78, 5) is 25.3. The SMILES string of the molecule is CO[C@@H](/C=C/C(=O)Nc1ccccc1N)[C@@H](OC(=O)Nc1ccc(C)cc1)c1cc(Br)cc(Br)c1O. The summed E-state index contributed by atoms with van der Waals surface area (Å²) in [5.41, 5.74) is 8.59. The lowest BCUT2D eigenvalue weighted by Crippen LogP contribution is -2.27. The molecular weight excluding hydrogens is 594 g/mol. The largest absolute Gasteiger partial charge is 0.506 e. The first-order chi connectivity index (χ1) is 17.2. The smallest absolute Gasteiger partial charge is 0.412 e. The zero-order chi connectivity index (χ0) is 26.2. The normalized spacial score (nSPS) is 12.7. The maximum Gasteiger partial charge on any atom is 0.412 e. The zero-order valence-electron chi connectivity index (χ0n) is 19.5. The molecule has 0 saturated heterocycles. The number of hydrogen-bond acceptors (Lipinski definition) is 6. The molecule has 0 bridgehead atoms. The van der Waals surface area contributed by atoms with Crippen LogP contribution in [0, 0.1) is 6.92 Å². The molecule has 0 heterocycles. The van der Waals surface area contributed by atoms with Crippen LogP contribution in [0.25, 0.3) is 0 Å². The summed E-state index contributed by atoms with van der Waals surface area (Å²) in [5.74, 6) is -0.597. The Kier molecular flexibility index (Phi) is 9.51. The summed E-state index contributed by atoms with van der Waals surface area (Å²) in [5, 5.41) is 16.1. The molecule has 36 heavy (non-hydrogen) atoms. The molecule has 3 aromatic carbocycles. The zero-order valence-corrected chi connectivity index (χ0v) is 22.7. The van der Waals surface area contributed by atoms with Crippen molar-refractivity contribution < 1.29 is 24.2 Å². The quantitative estimate of drug-likeness (QED) is 0.173. The van der Waals surface area contributed by atoms with Crippen LogP contribution in [0.5, 0.6) is 5.75 Å². The highest BCUT2D eigenvalue weighted by molar-refractivity contribution is 9.11. The Hall–Kier alpha value is -3.34. The van der Waals surface area contributed by atoms with Gasteiger partial charge in [0.15, 0.2) is 6.10 Å². The first-order valence-corrected chi connectivity index (χ1v) is 12.3. The van der Waals surface area contributed by atoms with Crippen molar-refractivity contribution in [3.63, 3.8) is 0 Å². The van der Waals surface area contributed by atoms with Crippen LogP contribution >= 0.6 is 31.9 Å². The van der Waals surface area contributed by atoms with Gasteiger partial charge in [0, 0.05) is 28.9 Å². The van der Waals surface area contributed by atoms with Gasteiger partial charge in [-0.1, -0.05) is 45.8 Å². The van der Waals surface area contributed by atoms with Gasteiger partial charge in [0.05, 0.1) is 15.8 Å². The van der Waals surface area contributed by atoms with E-state index >= 15 is 0 Å². The molecule has 0 aromatic heterocycles. The Morgan fingerprint density at radius 3 is 2.42 bits per heavy atom. The van der Waals surface area contributed by atoms with Crippen molar-refractivity contribution in [2.45, 2.75) is 19.1 Å². The summed E-state index contributed by atoms with van der Waals surface area (Å²) in [6.07, 6.45) is -0.123. The van der Waals surface area contributed by atoms with E-state index in [9.17, 15) is 14.7 Å². The number of nitrogens with one attached hydrogen (secondary N) is 2. The lowest BCUT2D eigenvalue weighted by atomic mass is 10.0. The number of ether oxygens (including phenoxy) is 2. The van der Waals surface area contributed by atoms with Crippen LogP contribution in [0.2, 0.25) is 0 Å². The van der Waals surface area contributed by atoms with E-state index in [1.807, 2.05) is 19.1 Å². The van der Waals surface area contributed by atoms with Crippen LogP contribution < -0.4 is 16.4 Å². The predicted octanol–water partition coefficient (Wildman–Crippen LogP) is 6.31. The Bertz CT molecular complexity index is 1260. The summed E-state index contributed by atoms with van der Waals surface area (Å²) in [6.45, 7) is 1.93. The topological polar surface area (TPSA) is 123 Å². The highest BCUT2D eigenvalue weighted by atomic mass is 79.9. The fraction of sp³-hybridized carbons (Fsp3) is 0.154. The van der Waals surface area contributed by atoms with Crippen LogP contribution in [0.1, 0.15) is 17.2 Å². The standard InChI is InChI=1S/C26H25Br2N3O5/c1-15-7-9-17(10-8-15)30-26(34)36-25(18-13-16(27)14-19(28)24(18)33)22(35-2)11-12-23(32)31-21-6-4-3-5-20(21)29/h3-14,22,25,33H,29H2,1-2H3,(H,30,34)(H,31,32)/b12-11+/t22-,25-/m0/s1. The second-order valence-electron chi connectivity index (χ2n) is 7.78. The number of hydrogen-bond donors (Lipinski definition) is 4. The van der Waals surface area contributed by atoms with Gasteiger partial charge in [0.1, 0.15) is 11.9 Å². The number of halogens is 2. The minimum Gasteiger partial charge on any atom is -0.506 e. The first-order valence-electron chi connectivity index (χ1n) is 10.8. The Balaban J connectivity index is 1.87. The van der Waals surface area contributed by atoms with Gasteiger partial charge in [-0.3, -0.25) is 10.1 Å². The van der Waals surface area contributed by atoms with E-state index in [1.54, 1.807) is 48.5 Å². The van der Waals surface area contributed by atoms with Gasteiger partial charge in [0.2, 0.25) is 5.91 Å². The molecule has 2 atom stereocenters. The average Bonchev–Trinajstić information content (AvgIpc) is 2.84. The summed E-state index contributed by atoms with van der Waals surface area (Å²) >= 11 is 6.69. The molecule has 0 aliphatic carbocycles. The molecule has 0 unspecified atom stereocenters. The minimum absolute atomic E-state index is 0.136. The molecule has 0 saturated carbocycles. The third-order valence-corrected chi connectivity index (χ3v) is 6.18. The lowest BCUT2D eigenvalue weighted by molar-refractivity contribution is -0.112. The van der Waals surface area contributed by atoms with E-state index in [-0.39, 0.29) is 11.3 Å². The highest BCUT2D eigenvalue weighted by Gasteiger charge is 2.29. The molecule has 0 radical (unpaired) electrons. The van der Waals surface area contributed by atoms with Crippen molar-refractivity contribution >= 4 is 60.9 Å². The number of amides is 2. The fourth-order valence-corrected chi connectivity index (χ4v) is 4.54. The highest BCUT2D eigenvalue weighted by Crippen LogP contribution is 2.39. The molecule has 0 spiro atoms. The molecule has 188 valence electrons. The van der Waals surface area contributed by atoms with Crippen molar-refractivity contribution in [2.75, 3.05) is 23.5 Å². The number of rotatable bonds is 8. The second-order valence-corrected chi connectivity index (χ2v) is 9.55. The van der Waals surface area contributed by atoms with Gasteiger partial charge in [-0.15, -0.1) is 0 Å². The first kappa shape index (κ1) is 27.3. The van der Waals surface area contributed by atoms with Crippen LogP contribution in [-0.2, 0) is 14.3 Å². The molecule has 3 rings (SSSR count). The molecule has 3 aromatic rings. The molecule has 2 amide bonds. The molecule has 5 N–H and O–H groups in total. The minimum atomic E-state index is -1.11. The number of nitrogen functional groups attached to an aromatic ring is 1. The van der Waals surface area contributed by atoms with Gasteiger partial charge in [-0.2, -0.15) is 0 Å². The molecular formula is C26H25Br2N3O5. The molecule has 8 nitrogen and oxygen atoms in total. The number of aromatic hydroxyl groups is 1. The lowest BCUT2D eigenvalue weighted by Gasteiger charge is -2.25. The number of phenolic OH excluding ortho intramolecular Hbond substituents is 1. The number of anilines is 3. The van der Waals surface area contributed by atoms with Gasteiger partial charge in [-0.25, -0.2) is 4.79 Å². The molecule has 0 aliphatic heterocycles. The number of methoxy groups -OCH3 is 1. The van der Waals surface area contributed by atoms with Crippen molar-refractivity contribution in [1.82, 2.24) is 0 Å². The van der Waals surface area contributed by atoms with Crippen LogP contribution in [0.4, 0.5) is 21.9 Å². The van der Waals surface area contributed by atoms with Crippen LogP contribution in [0.3, 0.4) is 0 Å². The monoisotopic (exact) mass is 617 g/mol. The van der Waals surface area contributed by atoms with E-state index in [4.69, 9.17) is 15.2 Å². The van der Waals surface area contributed by atoms with E-state index in [2.05, 4.69) is 42.5 Å². The van der Waals surface area contributed by atoms with Crippen LogP contribution in [0.15, 0.2) is 81.8 Å². The summed E-state index contributed by atoms with van der Waals surface area (Å²) in [6, 6.07) is 17.3. The number of phenols is 1. The number of carbonyl (C=O) groups is 2. The van der Waals surface area contributed by atoms with Crippen molar-refractivity contribution in [2.24, 2.45) is 0 Å². The van der Waals surface area contributed by atoms with Gasteiger partial charge >= 0.3 is 6.09 Å². The van der Waals surface area contributed by atoms with Crippen molar-refractivity contribution in [3.05, 3.63) is 92.9 Å². The number of carbonyl (C=O) groups excluding carboxylic acids is 2. The number of aryl methyl sites for hydroxylation is 1. The number of nitrogens with two attached hydrogens (primary N) is 1. The molecule has 0 fully saturated rings. The molecule has 10 heteroatoms. The second kappa shape index (κ2) is 12.6. The van der Waals surface area contributed by atoms with Crippen LogP contribution in [-0.4, -0.2) is 30.3 Å². The third kappa shape index (κ3) is 7.33. The van der Waals surface area contributed by atoms with Crippen molar-refractivity contribution in [1.29, 1.82) is 0 Å². The third-order valence-electron chi connectivity index (χ3n) is 5.12. The van der Waals surface area contributed by atoms with Gasteiger partial charge in [0.25, 0.3) is 0 Å². The maximum absolute atomic E-state index is 12.8. The summed E-state index contributed by atoms with van der Waals surface area (Å²) in [7, 11) is 1.40. The van der Waals surface area contributed by atoms with E-state index in [0.717, 1.165) is 5.56 Å². The maximum atomic E-state index is 12.8. The fourth-order valence-electron chi connectivity index (χ4n) is 3.28.